The fourth-order valence-corrected chi connectivity index (χ4v) is 3.33. The van der Waals surface area contributed by atoms with Crippen LogP contribution in [-0.2, 0) is 0 Å². The van der Waals surface area contributed by atoms with Crippen LogP contribution < -0.4 is 0 Å². The molecule has 0 unspecified atom stereocenters. The summed E-state index contributed by atoms with van der Waals surface area (Å²) in [5, 5.41) is 15.3. The Balaban J connectivity index is 1.28. The van der Waals surface area contributed by atoms with Gasteiger partial charge in [0.1, 0.15) is 0 Å². The van der Waals surface area contributed by atoms with Gasteiger partial charge in [-0.15, -0.1) is 10.2 Å². The van der Waals surface area contributed by atoms with E-state index in [0.29, 0.717) is 5.82 Å². The second kappa shape index (κ2) is 8.55. The van der Waals surface area contributed by atoms with Crippen molar-refractivity contribution in [3.05, 3.63) is 107 Å². The molecule has 0 bridgehead atoms. The Morgan fingerprint density at radius 1 is 0.645 bits per heavy atom. The fourth-order valence-electron chi connectivity index (χ4n) is 3.33. The van der Waals surface area contributed by atoms with Crippen molar-refractivity contribution in [1.82, 2.24) is 25.6 Å². The van der Waals surface area contributed by atoms with E-state index >= 15 is 0 Å². The lowest BCUT2D eigenvalue weighted by molar-refractivity contribution is 0.881. The lowest BCUT2D eigenvalue weighted by atomic mass is 10.1. The molecule has 5 rings (SSSR count). The van der Waals surface area contributed by atoms with E-state index in [1.807, 2.05) is 54.6 Å². The number of nitrogens with one attached hydrogen (secondary N) is 1. The molecule has 2 aromatic heterocycles. The van der Waals surface area contributed by atoms with E-state index in [-0.39, 0.29) is 0 Å². The molecule has 5 heteroatoms. The van der Waals surface area contributed by atoms with Gasteiger partial charge in [0.2, 0.25) is 5.82 Å². The molecule has 0 aliphatic carbocycles. The number of para-hydroxylation sites is 1. The van der Waals surface area contributed by atoms with E-state index in [1.165, 1.54) is 0 Å². The minimum atomic E-state index is 0.590. The minimum Gasteiger partial charge on any atom is -0.248 e. The summed E-state index contributed by atoms with van der Waals surface area (Å²) in [6.45, 7) is 0. The molecule has 148 valence electrons. The first-order valence-corrected chi connectivity index (χ1v) is 9.99. The number of hydrogen-bond donors (Lipinski definition) is 1. The van der Waals surface area contributed by atoms with E-state index in [0.717, 1.165) is 38.9 Å². The topological polar surface area (TPSA) is 67.3 Å². The summed E-state index contributed by atoms with van der Waals surface area (Å²) in [5.74, 6) is 0.590. The van der Waals surface area contributed by atoms with Gasteiger partial charge in [0.25, 0.3) is 0 Å². The molecule has 5 nitrogen and oxygen atoms in total. The van der Waals surface area contributed by atoms with Crippen molar-refractivity contribution in [2.45, 2.75) is 0 Å². The van der Waals surface area contributed by atoms with Crippen molar-refractivity contribution in [2.24, 2.45) is 0 Å². The van der Waals surface area contributed by atoms with Gasteiger partial charge in [-0.05, 0) is 46.2 Å². The number of aromatic nitrogens is 5. The maximum absolute atomic E-state index is 4.68. The standard InChI is InChI=1S/C26H19N5/c1-2-7-25-22(5-1)15-17-24(27-25)16-14-20-10-8-19(9-11-20)12-13-21-4-3-6-23(18-21)26-28-30-31-29-26/h1-18H,(H,28,29,30,31)/b13-12+,16-14+. The van der Waals surface area contributed by atoms with E-state index in [1.54, 1.807) is 0 Å². The van der Waals surface area contributed by atoms with Crippen molar-refractivity contribution in [1.29, 1.82) is 0 Å². The predicted octanol–water partition coefficient (Wildman–Crippen LogP) is 5.76. The van der Waals surface area contributed by atoms with Crippen LogP contribution in [0.4, 0.5) is 0 Å². The van der Waals surface area contributed by atoms with Crippen molar-refractivity contribution < 1.29 is 0 Å². The fraction of sp³-hybridized carbons (Fsp3) is 0. The Morgan fingerprint density at radius 2 is 1.42 bits per heavy atom. The Morgan fingerprint density at radius 3 is 2.23 bits per heavy atom. The third-order valence-electron chi connectivity index (χ3n) is 4.96. The highest BCUT2D eigenvalue weighted by Crippen LogP contribution is 2.18. The maximum Gasteiger partial charge on any atom is 0.204 e. The molecule has 0 saturated heterocycles. The van der Waals surface area contributed by atoms with Gasteiger partial charge in [-0.25, -0.2) is 4.98 Å². The van der Waals surface area contributed by atoms with Gasteiger partial charge in [-0.3, -0.25) is 0 Å². The number of pyridine rings is 1. The molecular formula is C26H19N5. The van der Waals surface area contributed by atoms with Gasteiger partial charge < -0.3 is 0 Å². The highest BCUT2D eigenvalue weighted by atomic mass is 15.5. The molecule has 3 aromatic carbocycles. The molecule has 31 heavy (non-hydrogen) atoms. The van der Waals surface area contributed by atoms with Crippen molar-refractivity contribution in [2.75, 3.05) is 0 Å². The monoisotopic (exact) mass is 401 g/mol. The van der Waals surface area contributed by atoms with Gasteiger partial charge in [-0.2, -0.15) is 5.21 Å². The number of benzene rings is 3. The number of tetrazole rings is 1. The maximum atomic E-state index is 4.68. The zero-order valence-electron chi connectivity index (χ0n) is 16.7. The molecule has 5 aromatic rings. The third-order valence-corrected chi connectivity index (χ3v) is 4.96. The predicted molar refractivity (Wildman–Crippen MR) is 126 cm³/mol. The van der Waals surface area contributed by atoms with Crippen LogP contribution in [0.25, 0.3) is 46.6 Å². The van der Waals surface area contributed by atoms with Crippen LogP contribution in [0.3, 0.4) is 0 Å². The van der Waals surface area contributed by atoms with E-state index in [2.05, 4.69) is 80.2 Å². The average molecular weight is 401 g/mol. The lowest BCUT2D eigenvalue weighted by Crippen LogP contribution is -1.83. The van der Waals surface area contributed by atoms with Crippen LogP contribution in [0, 0.1) is 0 Å². The van der Waals surface area contributed by atoms with Crippen LogP contribution in [0.2, 0.25) is 0 Å². The largest absolute Gasteiger partial charge is 0.248 e. The van der Waals surface area contributed by atoms with Crippen molar-refractivity contribution in [3.8, 4) is 11.4 Å². The summed E-state index contributed by atoms with van der Waals surface area (Å²) in [4.78, 5) is 4.68. The van der Waals surface area contributed by atoms with E-state index in [9.17, 15) is 0 Å². The van der Waals surface area contributed by atoms with Crippen molar-refractivity contribution >= 4 is 35.2 Å². The van der Waals surface area contributed by atoms with Gasteiger partial charge in [0.15, 0.2) is 0 Å². The molecule has 0 atom stereocenters. The SMILES string of the molecule is C(=C\c1cccc(-c2nn[nH]n2)c1)/c1ccc(/C=C/c2ccc3ccccc3n2)cc1. The Hall–Kier alpha value is -4.38. The molecule has 0 aliphatic rings. The van der Waals surface area contributed by atoms with Gasteiger partial charge in [0, 0.05) is 10.9 Å². The molecule has 0 saturated carbocycles. The zero-order chi connectivity index (χ0) is 20.9. The molecule has 2 heterocycles. The van der Waals surface area contributed by atoms with Crippen LogP contribution in [0.5, 0.6) is 0 Å². The first kappa shape index (κ1) is 18.6. The number of fused-ring (bicyclic) bond motifs is 1. The molecule has 0 spiro atoms. The summed E-state index contributed by atoms with van der Waals surface area (Å²) in [7, 11) is 0. The van der Waals surface area contributed by atoms with Crippen LogP contribution in [-0.4, -0.2) is 25.6 Å². The summed E-state index contributed by atoms with van der Waals surface area (Å²) in [6.07, 6.45) is 8.29. The van der Waals surface area contributed by atoms with E-state index in [4.69, 9.17) is 0 Å². The zero-order valence-corrected chi connectivity index (χ0v) is 16.7. The number of rotatable bonds is 5. The van der Waals surface area contributed by atoms with Gasteiger partial charge >= 0.3 is 0 Å². The molecule has 0 fully saturated rings. The second-order valence-corrected chi connectivity index (χ2v) is 7.12. The lowest BCUT2D eigenvalue weighted by Gasteiger charge is -2.00. The first-order chi connectivity index (χ1) is 15.3. The average Bonchev–Trinajstić information content (AvgIpc) is 3.37. The molecule has 1 N–H and O–H groups in total. The summed E-state index contributed by atoms with van der Waals surface area (Å²) in [6, 6.07) is 28.7. The van der Waals surface area contributed by atoms with Gasteiger partial charge in [0.05, 0.1) is 11.2 Å². The summed E-state index contributed by atoms with van der Waals surface area (Å²) < 4.78 is 0. The quantitative estimate of drug-likeness (QED) is 0.381. The molecular weight excluding hydrogens is 382 g/mol. The highest BCUT2D eigenvalue weighted by molar-refractivity contribution is 5.81. The van der Waals surface area contributed by atoms with Crippen LogP contribution in [0.15, 0.2) is 84.9 Å². The van der Waals surface area contributed by atoms with Gasteiger partial charge in [-0.1, -0.05) is 85.0 Å². The molecule has 0 aliphatic heterocycles. The Kier molecular flexibility index (Phi) is 5.14. The molecule has 0 radical (unpaired) electrons. The van der Waals surface area contributed by atoms with Crippen LogP contribution in [0.1, 0.15) is 22.4 Å². The van der Waals surface area contributed by atoms with Crippen molar-refractivity contribution in [3.63, 3.8) is 0 Å². The Labute approximate surface area is 179 Å². The highest BCUT2D eigenvalue weighted by Gasteiger charge is 2.02. The summed E-state index contributed by atoms with van der Waals surface area (Å²) >= 11 is 0. The third kappa shape index (κ3) is 4.46. The Bertz CT molecular complexity index is 1370. The normalized spacial score (nSPS) is 11.6. The summed E-state index contributed by atoms with van der Waals surface area (Å²) in [5.41, 5.74) is 6.22. The number of aromatic amines is 1. The van der Waals surface area contributed by atoms with Crippen LogP contribution >= 0.6 is 0 Å². The first-order valence-electron chi connectivity index (χ1n) is 9.99. The smallest absolute Gasteiger partial charge is 0.204 e. The number of H-pyrrole nitrogens is 1. The minimum absolute atomic E-state index is 0.590. The number of hydrogen-bond acceptors (Lipinski definition) is 4. The van der Waals surface area contributed by atoms with E-state index < -0.39 is 0 Å². The molecule has 0 amide bonds. The second-order valence-electron chi connectivity index (χ2n) is 7.12. The number of nitrogens with zero attached hydrogens (tertiary/aromatic N) is 4.